The van der Waals surface area contributed by atoms with Gasteiger partial charge in [-0.1, -0.05) is 23.7 Å². The van der Waals surface area contributed by atoms with E-state index in [1.165, 1.54) is 11.3 Å². The lowest BCUT2D eigenvalue weighted by Crippen LogP contribution is -2.28. The first kappa shape index (κ1) is 13.8. The molecule has 1 saturated carbocycles. The van der Waals surface area contributed by atoms with Gasteiger partial charge in [0.25, 0.3) is 0 Å². The quantitative estimate of drug-likeness (QED) is 0.886. The minimum absolute atomic E-state index is 0.258. The van der Waals surface area contributed by atoms with Gasteiger partial charge in [0.05, 0.1) is 17.8 Å². The maximum atomic E-state index is 10.2. The summed E-state index contributed by atoms with van der Waals surface area (Å²) in [5.41, 5.74) is 2.40. The molecule has 1 aromatic heterocycles. The van der Waals surface area contributed by atoms with Crippen molar-refractivity contribution in [1.82, 2.24) is 9.88 Å². The Hall–Kier alpha value is -1.85. The molecule has 0 radical (unpaired) electrons. The monoisotopic (exact) mass is 331 g/mol. The smallest absolute Gasteiger partial charge is 0.135 e. The number of hydrogen-bond donors (Lipinski definition) is 2. The maximum absolute atomic E-state index is 10.2. The van der Waals surface area contributed by atoms with Gasteiger partial charge in [0, 0.05) is 22.0 Å². The molecule has 1 aliphatic carbocycles. The normalized spacial score (nSPS) is 18.4. The van der Waals surface area contributed by atoms with Crippen molar-refractivity contribution in [1.29, 1.82) is 5.41 Å². The Morgan fingerprint density at radius 3 is 2.68 bits per heavy atom. The van der Waals surface area contributed by atoms with E-state index in [0.717, 1.165) is 24.1 Å². The Balaban J connectivity index is 1.65. The van der Waals surface area contributed by atoms with E-state index < -0.39 is 0 Å². The predicted octanol–water partition coefficient (Wildman–Crippen LogP) is 4.19. The van der Waals surface area contributed by atoms with E-state index in [1.807, 2.05) is 34.5 Å². The fourth-order valence-corrected chi connectivity index (χ4v) is 3.69. The van der Waals surface area contributed by atoms with Gasteiger partial charge in [-0.2, -0.15) is 0 Å². The molecule has 0 amide bonds. The summed E-state index contributed by atoms with van der Waals surface area (Å²) in [6, 6.07) is 7.93. The molecule has 0 bridgehead atoms. The lowest BCUT2D eigenvalue weighted by atomic mass is 10.2. The molecule has 0 unspecified atom stereocenters. The van der Waals surface area contributed by atoms with Gasteiger partial charge < -0.3 is 10.0 Å². The first-order valence-corrected chi connectivity index (χ1v) is 8.39. The van der Waals surface area contributed by atoms with Gasteiger partial charge in [-0.15, -0.1) is 11.3 Å². The minimum atomic E-state index is 0.258. The summed E-state index contributed by atoms with van der Waals surface area (Å²) < 4.78 is 0. The first-order valence-electron chi connectivity index (χ1n) is 7.13. The number of benzene rings is 1. The lowest BCUT2D eigenvalue weighted by Gasteiger charge is -2.16. The van der Waals surface area contributed by atoms with Crippen LogP contribution in [-0.2, 0) is 0 Å². The minimum Gasteiger partial charge on any atom is -0.510 e. The highest BCUT2D eigenvalue weighted by Crippen LogP contribution is 2.37. The molecule has 2 aliphatic rings. The first-order chi connectivity index (χ1) is 10.6. The van der Waals surface area contributed by atoms with E-state index in [2.05, 4.69) is 4.98 Å². The van der Waals surface area contributed by atoms with Crippen LogP contribution < -0.4 is 0 Å². The molecule has 2 heterocycles. The Morgan fingerprint density at radius 1 is 1.27 bits per heavy atom. The Bertz CT molecular complexity index is 777. The second-order valence-corrected chi connectivity index (χ2v) is 6.87. The van der Waals surface area contributed by atoms with Crippen molar-refractivity contribution in [3.05, 3.63) is 45.4 Å². The van der Waals surface area contributed by atoms with Gasteiger partial charge in [0.2, 0.25) is 0 Å². The van der Waals surface area contributed by atoms with E-state index in [-0.39, 0.29) is 5.76 Å². The van der Waals surface area contributed by atoms with Gasteiger partial charge in [0.1, 0.15) is 16.6 Å². The zero-order valence-corrected chi connectivity index (χ0v) is 13.3. The van der Waals surface area contributed by atoms with Gasteiger partial charge in [-0.05, 0) is 25.0 Å². The highest BCUT2D eigenvalue weighted by atomic mass is 35.5. The second-order valence-electron chi connectivity index (χ2n) is 5.57. The average molecular weight is 332 g/mol. The van der Waals surface area contributed by atoms with Crippen LogP contribution in [0.15, 0.2) is 35.4 Å². The van der Waals surface area contributed by atoms with Crippen LogP contribution in [0, 0.1) is 5.41 Å². The molecular formula is C16H14ClN3OS. The van der Waals surface area contributed by atoms with Crippen molar-refractivity contribution < 1.29 is 5.11 Å². The van der Waals surface area contributed by atoms with Gasteiger partial charge in [-0.25, -0.2) is 4.98 Å². The van der Waals surface area contributed by atoms with Crippen LogP contribution in [-0.4, -0.2) is 33.4 Å². The number of nitrogens with one attached hydrogen (secondary N) is 1. The van der Waals surface area contributed by atoms with Gasteiger partial charge in [-0.3, -0.25) is 5.41 Å². The van der Waals surface area contributed by atoms with Gasteiger partial charge in [0.15, 0.2) is 0 Å². The lowest BCUT2D eigenvalue weighted by molar-refractivity contribution is 0.345. The fraction of sp³-hybridized carbons (Fsp3) is 0.250. The van der Waals surface area contributed by atoms with E-state index in [1.54, 1.807) is 0 Å². The number of rotatable bonds is 3. The van der Waals surface area contributed by atoms with E-state index in [9.17, 15) is 5.11 Å². The van der Waals surface area contributed by atoms with Crippen molar-refractivity contribution >= 4 is 34.3 Å². The van der Waals surface area contributed by atoms with Crippen LogP contribution in [0.3, 0.4) is 0 Å². The Labute approximate surface area is 137 Å². The zero-order chi connectivity index (χ0) is 15.3. The molecular weight excluding hydrogens is 318 g/mol. The van der Waals surface area contributed by atoms with Gasteiger partial charge >= 0.3 is 0 Å². The predicted molar refractivity (Wildman–Crippen MR) is 89.6 cm³/mol. The highest BCUT2D eigenvalue weighted by molar-refractivity contribution is 7.11. The standard InChI is InChI=1S/C16H14ClN3OS/c17-10-3-1-9(2-4-10)12-8-22-16(19-12)14-13(21)7-20(15(14)18)11-5-6-11/h1-4,8,11,18,21H,5-7H2. The van der Waals surface area contributed by atoms with Crippen molar-refractivity contribution in [3.8, 4) is 11.3 Å². The zero-order valence-electron chi connectivity index (χ0n) is 11.7. The fourth-order valence-electron chi connectivity index (χ4n) is 2.66. The summed E-state index contributed by atoms with van der Waals surface area (Å²) in [6.07, 6.45) is 2.22. The van der Waals surface area contributed by atoms with Crippen LogP contribution >= 0.6 is 22.9 Å². The molecule has 0 saturated heterocycles. The number of aliphatic hydroxyl groups excluding tert-OH is 1. The third kappa shape index (κ3) is 2.30. The van der Waals surface area contributed by atoms with E-state index in [0.29, 0.717) is 34.0 Å². The number of aromatic nitrogens is 1. The molecule has 22 heavy (non-hydrogen) atoms. The van der Waals surface area contributed by atoms with E-state index >= 15 is 0 Å². The molecule has 1 fully saturated rings. The van der Waals surface area contributed by atoms with Crippen LogP contribution in [0.4, 0.5) is 0 Å². The number of thiazole rings is 1. The van der Waals surface area contributed by atoms with E-state index in [4.69, 9.17) is 17.0 Å². The van der Waals surface area contributed by atoms with Crippen molar-refractivity contribution in [2.45, 2.75) is 18.9 Å². The largest absolute Gasteiger partial charge is 0.510 e. The number of amidine groups is 1. The third-order valence-corrected chi connectivity index (χ3v) is 5.09. The maximum Gasteiger partial charge on any atom is 0.135 e. The number of halogens is 1. The molecule has 0 atom stereocenters. The number of aliphatic hydroxyl groups is 1. The molecule has 0 spiro atoms. The SMILES string of the molecule is N=C1C(c2nc(-c3ccc(Cl)cc3)cs2)=C(O)CN1C1CC1. The van der Waals surface area contributed by atoms with Crippen LogP contribution in [0.5, 0.6) is 0 Å². The average Bonchev–Trinajstić information content (AvgIpc) is 3.16. The third-order valence-electron chi connectivity index (χ3n) is 3.98. The number of hydrogen-bond acceptors (Lipinski definition) is 4. The Morgan fingerprint density at radius 2 is 2.00 bits per heavy atom. The number of nitrogens with zero attached hydrogens (tertiary/aromatic N) is 2. The molecule has 1 aliphatic heterocycles. The summed E-state index contributed by atoms with van der Waals surface area (Å²) in [4.78, 5) is 6.56. The molecule has 2 N–H and O–H groups in total. The highest BCUT2D eigenvalue weighted by Gasteiger charge is 2.39. The Kier molecular flexibility index (Phi) is 3.20. The summed E-state index contributed by atoms with van der Waals surface area (Å²) in [6.45, 7) is 0.439. The molecule has 2 aromatic rings. The topological polar surface area (TPSA) is 60.2 Å². The summed E-state index contributed by atoms with van der Waals surface area (Å²) in [5, 5.41) is 21.9. The molecule has 1 aromatic carbocycles. The molecule has 112 valence electrons. The van der Waals surface area contributed by atoms with Crippen molar-refractivity contribution in [2.24, 2.45) is 0 Å². The molecule has 6 heteroatoms. The van der Waals surface area contributed by atoms with Crippen molar-refractivity contribution in [3.63, 3.8) is 0 Å². The van der Waals surface area contributed by atoms with Crippen molar-refractivity contribution in [2.75, 3.05) is 6.54 Å². The summed E-state index contributed by atoms with van der Waals surface area (Å²) in [5.74, 6) is 0.658. The van der Waals surface area contributed by atoms with Crippen LogP contribution in [0.25, 0.3) is 16.8 Å². The summed E-state index contributed by atoms with van der Waals surface area (Å²) >= 11 is 7.36. The molecule has 4 rings (SSSR count). The molecule has 4 nitrogen and oxygen atoms in total. The van der Waals surface area contributed by atoms with Crippen LogP contribution in [0.2, 0.25) is 5.02 Å². The summed E-state index contributed by atoms with van der Waals surface area (Å²) in [7, 11) is 0. The van der Waals surface area contributed by atoms with Crippen LogP contribution in [0.1, 0.15) is 17.8 Å². The second kappa shape index (κ2) is 5.11.